The molecule has 0 aliphatic heterocycles. The van der Waals surface area contributed by atoms with Crippen LogP contribution in [0.4, 0.5) is 0 Å². The van der Waals surface area contributed by atoms with E-state index in [-0.39, 0.29) is 17.8 Å². The number of aromatic nitrogens is 3. The first kappa shape index (κ1) is 16.0. The number of fused-ring (bicyclic) bond motifs is 1. The van der Waals surface area contributed by atoms with E-state index in [0.29, 0.717) is 10.3 Å². The maximum absolute atomic E-state index is 12.8. The number of aromatic amines is 1. The lowest BCUT2D eigenvalue weighted by molar-refractivity contribution is -0.622. The van der Waals surface area contributed by atoms with Gasteiger partial charge in [0.1, 0.15) is 0 Å². The van der Waals surface area contributed by atoms with Gasteiger partial charge in [-0.25, -0.2) is 0 Å². The number of rotatable bonds is 3. The molecule has 6 heteroatoms. The fourth-order valence-electron chi connectivity index (χ4n) is 3.26. The Labute approximate surface area is 149 Å². The second kappa shape index (κ2) is 6.07. The highest BCUT2D eigenvalue weighted by molar-refractivity contribution is 5.95. The summed E-state index contributed by atoms with van der Waals surface area (Å²) in [5.41, 5.74) is 2.04. The maximum Gasteiger partial charge on any atom is 0.402 e. The predicted octanol–water partition coefficient (Wildman–Crippen LogP) is 2.46. The number of para-hydroxylation sites is 1. The first-order chi connectivity index (χ1) is 12.6. The van der Waals surface area contributed by atoms with Crippen molar-refractivity contribution in [2.24, 2.45) is 7.05 Å². The Kier molecular flexibility index (Phi) is 3.73. The second-order valence-electron chi connectivity index (χ2n) is 6.19. The van der Waals surface area contributed by atoms with Gasteiger partial charge in [0.15, 0.2) is 5.69 Å². The van der Waals surface area contributed by atoms with Crippen molar-refractivity contribution in [2.45, 2.75) is 6.42 Å². The molecule has 2 aromatic heterocycles. The number of hydrogen-bond donors (Lipinski definition) is 2. The van der Waals surface area contributed by atoms with Crippen LogP contribution in [-0.2, 0) is 13.5 Å². The zero-order valence-electron chi connectivity index (χ0n) is 14.1. The Hall–Kier alpha value is -3.54. The maximum atomic E-state index is 12.8. The first-order valence-corrected chi connectivity index (χ1v) is 8.22. The van der Waals surface area contributed by atoms with Crippen LogP contribution in [0.15, 0.2) is 65.6 Å². The lowest BCUT2D eigenvalue weighted by Gasteiger charge is -2.12. The van der Waals surface area contributed by atoms with Gasteiger partial charge in [0.2, 0.25) is 0 Å². The van der Waals surface area contributed by atoms with E-state index in [1.165, 1.54) is 4.57 Å². The Morgan fingerprint density at radius 3 is 2.58 bits per heavy atom. The molecule has 2 N–H and O–H groups in total. The second-order valence-corrected chi connectivity index (χ2v) is 6.19. The molecule has 0 amide bonds. The van der Waals surface area contributed by atoms with Crippen LogP contribution >= 0.6 is 0 Å². The molecule has 26 heavy (non-hydrogen) atoms. The highest BCUT2D eigenvalue weighted by Gasteiger charge is 2.27. The molecule has 0 unspecified atom stereocenters. The minimum Gasteiger partial charge on any atom is -0.616 e. The molecule has 130 valence electrons. The van der Waals surface area contributed by atoms with Gasteiger partial charge in [0.25, 0.3) is 5.69 Å². The fraction of sp³-hybridized carbons (Fsp3) is 0.100. The first-order valence-electron chi connectivity index (χ1n) is 8.22. The summed E-state index contributed by atoms with van der Waals surface area (Å²) < 4.78 is 1.67. The van der Waals surface area contributed by atoms with Gasteiger partial charge >= 0.3 is 11.4 Å². The van der Waals surface area contributed by atoms with Gasteiger partial charge in [0, 0.05) is 29.7 Å². The lowest BCUT2D eigenvalue weighted by Crippen LogP contribution is -2.43. The summed E-state index contributed by atoms with van der Waals surface area (Å²) in [4.78, 5) is 15.9. The molecular formula is C20H17N3O3. The minimum atomic E-state index is -0.484. The monoisotopic (exact) mass is 347 g/mol. The van der Waals surface area contributed by atoms with E-state index in [1.807, 2.05) is 54.6 Å². The molecule has 0 fully saturated rings. The van der Waals surface area contributed by atoms with E-state index in [4.69, 9.17) is 0 Å². The van der Waals surface area contributed by atoms with Gasteiger partial charge in [-0.1, -0.05) is 48.5 Å². The van der Waals surface area contributed by atoms with Crippen molar-refractivity contribution in [2.75, 3.05) is 0 Å². The Morgan fingerprint density at radius 2 is 1.81 bits per heavy atom. The van der Waals surface area contributed by atoms with Crippen LogP contribution in [-0.4, -0.2) is 14.7 Å². The molecule has 2 aromatic carbocycles. The quantitative estimate of drug-likeness (QED) is 0.441. The van der Waals surface area contributed by atoms with Crippen molar-refractivity contribution < 1.29 is 9.84 Å². The van der Waals surface area contributed by atoms with Crippen molar-refractivity contribution in [1.82, 2.24) is 9.55 Å². The highest BCUT2D eigenvalue weighted by Crippen LogP contribution is 2.31. The average molecular weight is 347 g/mol. The summed E-state index contributed by atoms with van der Waals surface area (Å²) in [6, 6.07) is 16.7. The molecule has 0 aliphatic rings. The van der Waals surface area contributed by atoms with Gasteiger partial charge in [-0.05, 0) is 11.6 Å². The number of nitrogens with zero attached hydrogens (tertiary/aromatic N) is 2. The lowest BCUT2D eigenvalue weighted by atomic mass is 10.1. The van der Waals surface area contributed by atoms with Crippen molar-refractivity contribution in [1.29, 1.82) is 0 Å². The van der Waals surface area contributed by atoms with Crippen LogP contribution in [0, 0.1) is 5.21 Å². The van der Waals surface area contributed by atoms with Crippen LogP contribution in [0.5, 0.6) is 5.88 Å². The molecule has 0 aliphatic carbocycles. The van der Waals surface area contributed by atoms with E-state index in [9.17, 15) is 15.1 Å². The smallest absolute Gasteiger partial charge is 0.402 e. The Bertz CT molecular complexity index is 1160. The van der Waals surface area contributed by atoms with Gasteiger partial charge in [-0.2, -0.15) is 0 Å². The number of H-pyrrole nitrogens is 1. The number of aromatic hydroxyl groups is 1. The van der Waals surface area contributed by atoms with Crippen LogP contribution in [0.1, 0.15) is 11.3 Å². The van der Waals surface area contributed by atoms with Crippen molar-refractivity contribution in [3.8, 4) is 17.1 Å². The van der Waals surface area contributed by atoms with Crippen LogP contribution in [0.3, 0.4) is 0 Å². The third-order valence-electron chi connectivity index (χ3n) is 4.59. The topological polar surface area (TPSA) is 85.0 Å². The predicted molar refractivity (Wildman–Crippen MR) is 98.8 cm³/mol. The molecule has 4 aromatic rings. The van der Waals surface area contributed by atoms with Gasteiger partial charge in [0.05, 0.1) is 6.42 Å². The van der Waals surface area contributed by atoms with Crippen molar-refractivity contribution >= 4 is 10.9 Å². The number of nitrogens with one attached hydrogen (secondary N) is 1. The number of hydrogen-bond acceptors (Lipinski definition) is 3. The third-order valence-corrected chi connectivity index (χ3v) is 4.59. The van der Waals surface area contributed by atoms with E-state index < -0.39 is 11.4 Å². The molecular weight excluding hydrogens is 330 g/mol. The molecule has 6 nitrogen and oxygen atoms in total. The minimum absolute atomic E-state index is 0.0141. The number of benzene rings is 2. The van der Waals surface area contributed by atoms with E-state index in [2.05, 4.69) is 4.98 Å². The summed E-state index contributed by atoms with van der Waals surface area (Å²) in [6.45, 7) is 0. The molecule has 0 radical (unpaired) electrons. The summed E-state index contributed by atoms with van der Waals surface area (Å²) in [6.07, 6.45) is 1.84. The highest BCUT2D eigenvalue weighted by atomic mass is 16.5. The van der Waals surface area contributed by atoms with E-state index in [1.54, 1.807) is 13.2 Å². The molecule has 0 saturated carbocycles. The standard InChI is InChI=1S/C20H17N3O3/c1-22-18(15-12-21-16-10-6-5-9-14(15)16)20(25)23(26)17(19(22)24)11-13-7-3-2-4-8-13/h2-10,12,21,25H,11H2,1H3. The Morgan fingerprint density at radius 1 is 1.12 bits per heavy atom. The molecule has 4 rings (SSSR count). The van der Waals surface area contributed by atoms with E-state index in [0.717, 1.165) is 16.5 Å². The van der Waals surface area contributed by atoms with Crippen LogP contribution < -0.4 is 10.3 Å². The molecule has 0 bridgehead atoms. The van der Waals surface area contributed by atoms with Gasteiger partial charge in [-0.3, -0.25) is 9.36 Å². The normalized spacial score (nSPS) is 11.1. The largest absolute Gasteiger partial charge is 0.616 e. The van der Waals surface area contributed by atoms with Crippen molar-refractivity contribution in [3.63, 3.8) is 0 Å². The Balaban J connectivity index is 1.92. The summed E-state index contributed by atoms with van der Waals surface area (Å²) in [5, 5.41) is 24.0. The fourth-order valence-corrected chi connectivity index (χ4v) is 3.26. The summed E-state index contributed by atoms with van der Waals surface area (Å²) in [7, 11) is 1.56. The zero-order chi connectivity index (χ0) is 18.3. The molecule has 0 saturated heterocycles. The molecule has 0 spiro atoms. The van der Waals surface area contributed by atoms with Gasteiger partial charge in [-0.15, -0.1) is 4.73 Å². The zero-order valence-corrected chi connectivity index (χ0v) is 14.1. The summed E-state index contributed by atoms with van der Waals surface area (Å²) >= 11 is 0. The van der Waals surface area contributed by atoms with Crippen LogP contribution in [0.25, 0.3) is 22.2 Å². The molecule has 0 atom stereocenters. The van der Waals surface area contributed by atoms with E-state index >= 15 is 0 Å². The van der Waals surface area contributed by atoms with Crippen molar-refractivity contribution in [3.05, 3.63) is 87.6 Å². The average Bonchev–Trinajstić information content (AvgIpc) is 3.09. The SMILES string of the molecule is Cn1c(-c2c[nH]c3ccccc23)c(O)[n+]([O-])c(Cc2ccccc2)c1=O. The third kappa shape index (κ3) is 2.43. The van der Waals surface area contributed by atoms with Crippen LogP contribution in [0.2, 0.25) is 0 Å². The summed E-state index contributed by atoms with van der Waals surface area (Å²) in [5.74, 6) is -0.484. The van der Waals surface area contributed by atoms with Gasteiger partial charge < -0.3 is 15.3 Å². The molecule has 2 heterocycles.